The maximum absolute atomic E-state index is 13.2. The minimum Gasteiger partial charge on any atom is -0.478 e. The third-order valence-corrected chi connectivity index (χ3v) is 15.6. The van der Waals surface area contributed by atoms with E-state index in [0.717, 1.165) is 79.5 Å². The quantitative estimate of drug-likeness (QED) is 0.0527. The number of pyridine rings is 3. The van der Waals surface area contributed by atoms with E-state index < -0.39 is 157 Å². The lowest BCUT2D eigenvalue weighted by molar-refractivity contribution is -0.162. The number of halogens is 18. The van der Waals surface area contributed by atoms with Gasteiger partial charge in [-0.05, 0) is 174 Å². The topological polar surface area (TPSA) is 330 Å². The molecule has 4 aromatic heterocycles. The van der Waals surface area contributed by atoms with Crippen molar-refractivity contribution in [3.63, 3.8) is 0 Å². The molecule has 4 aromatic carbocycles. The van der Waals surface area contributed by atoms with Gasteiger partial charge in [0.25, 0.3) is 23.6 Å². The van der Waals surface area contributed by atoms with Crippen LogP contribution in [-0.4, -0.2) is 92.9 Å². The van der Waals surface area contributed by atoms with E-state index in [-0.39, 0.29) is 53.2 Å². The van der Waals surface area contributed by atoms with Crippen LogP contribution in [0.1, 0.15) is 181 Å². The molecule has 0 spiro atoms. The van der Waals surface area contributed by atoms with E-state index in [4.69, 9.17) is 15.3 Å². The third-order valence-electron chi connectivity index (χ3n) is 15.6. The van der Waals surface area contributed by atoms with Crippen LogP contribution in [0.5, 0.6) is 0 Å². The van der Waals surface area contributed by atoms with Gasteiger partial charge in [0.1, 0.15) is 17.5 Å². The Morgan fingerprint density at radius 1 is 0.346 bits per heavy atom. The van der Waals surface area contributed by atoms with Crippen molar-refractivity contribution in [3.8, 4) is 0 Å². The van der Waals surface area contributed by atoms with Crippen molar-refractivity contribution in [3.05, 3.63) is 227 Å². The zero-order chi connectivity index (χ0) is 79.8. The summed E-state index contributed by atoms with van der Waals surface area (Å²) in [6.45, 7) is 5.00. The number of carbonyl (C=O) groups excluding carboxylic acids is 4. The molecule has 0 saturated carbocycles. The van der Waals surface area contributed by atoms with Gasteiger partial charge in [0, 0.05) is 29.0 Å². The lowest BCUT2D eigenvalue weighted by Crippen LogP contribution is -2.23. The number of alkyl halides is 18. The van der Waals surface area contributed by atoms with Crippen LogP contribution in [0.15, 0.2) is 109 Å². The highest BCUT2D eigenvalue weighted by Crippen LogP contribution is 2.44. The highest BCUT2D eigenvalue weighted by atomic mass is 19.4. The molecule has 0 saturated heterocycles. The van der Waals surface area contributed by atoms with Crippen LogP contribution in [0.2, 0.25) is 0 Å². The zero-order valence-corrected chi connectivity index (χ0v) is 54.6. The summed E-state index contributed by atoms with van der Waals surface area (Å²) < 4.78 is 233. The molecule has 0 radical (unpaired) electrons. The number of anilines is 4. The Morgan fingerprint density at radius 3 is 1.01 bits per heavy atom. The highest BCUT2D eigenvalue weighted by Gasteiger charge is 2.47. The number of carboxylic acids is 4. The number of rotatable bonds is 12. The molecule has 0 bridgehead atoms. The summed E-state index contributed by atoms with van der Waals surface area (Å²) in [4.78, 5) is 115. The van der Waals surface area contributed by atoms with Crippen molar-refractivity contribution in [1.29, 1.82) is 0 Å². The van der Waals surface area contributed by atoms with Crippen LogP contribution >= 0.6 is 0 Å². The average molecular weight is 1530 g/mol. The van der Waals surface area contributed by atoms with Crippen LogP contribution in [0.3, 0.4) is 0 Å². The fourth-order valence-corrected chi connectivity index (χ4v) is 10.3. The SMILES string of the molecule is Cc1cccc(NC(=O)c2cc(C(F)(F)F)c(C(F)(F)F)cc2C(=O)O)n1.Cc1cnc(NC(=O)c2ccc(C(F)(F)F)cc2C(=O)O)nc1C.O=C(O)c1cc(C(F)(F)F)c(C(F)(F)F)cc1C(=O)Nc1ccc2c(n1)CCCC2.O=C(O)c1cc(C(F)(F)F)ccc1C(=O)Nc1ccc2c(n1)CCCC2. The van der Waals surface area contributed by atoms with Gasteiger partial charge in [-0.25, -0.2) is 44.1 Å². The van der Waals surface area contributed by atoms with Crippen molar-refractivity contribution in [1.82, 2.24) is 24.9 Å². The van der Waals surface area contributed by atoms with E-state index in [1.165, 1.54) is 24.4 Å². The number of fused-ring (bicyclic) bond motifs is 2. The maximum Gasteiger partial charge on any atom is 0.417 e. The number of carboxylic acid groups (broad SMARTS) is 4. The molecule has 39 heteroatoms. The van der Waals surface area contributed by atoms with Crippen LogP contribution < -0.4 is 21.3 Å². The first kappa shape index (κ1) is 82.2. The zero-order valence-electron chi connectivity index (χ0n) is 54.6. The number of aromatic nitrogens is 5. The number of hydrogen-bond acceptors (Lipinski definition) is 13. The molecule has 566 valence electrons. The van der Waals surface area contributed by atoms with Crippen molar-refractivity contribution in [2.45, 2.75) is 109 Å². The molecule has 21 nitrogen and oxygen atoms in total. The number of nitrogens with one attached hydrogen (secondary N) is 4. The summed E-state index contributed by atoms with van der Waals surface area (Å²) in [5.41, 5.74) is -12.3. The normalized spacial score (nSPS) is 12.9. The Labute approximate surface area is 589 Å². The van der Waals surface area contributed by atoms with Gasteiger partial charge in [0.2, 0.25) is 5.95 Å². The summed E-state index contributed by atoms with van der Waals surface area (Å²) in [6, 6.07) is 14.1. The summed E-state index contributed by atoms with van der Waals surface area (Å²) in [7, 11) is 0. The number of benzene rings is 4. The fourth-order valence-electron chi connectivity index (χ4n) is 10.3. The number of aromatic carboxylic acids is 4. The van der Waals surface area contributed by atoms with Gasteiger partial charge in [-0.15, -0.1) is 0 Å². The molecule has 0 atom stereocenters. The van der Waals surface area contributed by atoms with E-state index in [1.54, 1.807) is 39.0 Å². The third kappa shape index (κ3) is 21.3. The molecule has 4 amide bonds. The lowest BCUT2D eigenvalue weighted by atomic mass is 9.96. The minimum atomic E-state index is -5.47. The first-order valence-electron chi connectivity index (χ1n) is 30.5. The van der Waals surface area contributed by atoms with E-state index in [1.807, 2.05) is 6.07 Å². The van der Waals surface area contributed by atoms with Crippen LogP contribution in [0.25, 0.3) is 0 Å². The molecule has 107 heavy (non-hydrogen) atoms. The van der Waals surface area contributed by atoms with Crippen molar-refractivity contribution in [2.75, 3.05) is 21.3 Å². The average Bonchev–Trinajstić information content (AvgIpc) is 0.771. The Kier molecular flexibility index (Phi) is 25.0. The molecule has 2 aliphatic rings. The Bertz CT molecular complexity index is 4810. The van der Waals surface area contributed by atoms with Crippen LogP contribution in [0, 0.1) is 20.8 Å². The first-order valence-corrected chi connectivity index (χ1v) is 30.5. The molecule has 8 aromatic rings. The fraction of sp³-hybridized carbons (Fsp3) is 0.250. The Balaban J connectivity index is 0.000000200. The predicted octanol–water partition coefficient (Wildman–Crippen LogP) is 16.3. The van der Waals surface area contributed by atoms with Crippen molar-refractivity contribution >= 4 is 70.9 Å². The predicted molar refractivity (Wildman–Crippen MR) is 338 cm³/mol. The summed E-state index contributed by atoms with van der Waals surface area (Å²) in [6.07, 6.45) is -22.8. The molecule has 0 aliphatic heterocycles. The minimum absolute atomic E-state index is 0.0366. The Morgan fingerprint density at radius 2 is 0.673 bits per heavy atom. The van der Waals surface area contributed by atoms with Gasteiger partial charge in [0.05, 0.1) is 77.9 Å². The van der Waals surface area contributed by atoms with E-state index >= 15 is 0 Å². The molecular weight excluding hydrogens is 1480 g/mol. The van der Waals surface area contributed by atoms with Crippen LogP contribution in [0.4, 0.5) is 102 Å². The van der Waals surface area contributed by atoms with Crippen molar-refractivity contribution in [2.24, 2.45) is 0 Å². The molecular formula is C68H51F18N9O12. The molecule has 2 aliphatic carbocycles. The number of hydrogen-bond donors (Lipinski definition) is 8. The van der Waals surface area contributed by atoms with E-state index in [0.29, 0.717) is 47.8 Å². The van der Waals surface area contributed by atoms with Crippen molar-refractivity contribution < 1.29 is 138 Å². The summed E-state index contributed by atoms with van der Waals surface area (Å²) in [5.74, 6) is -11.6. The molecule has 0 fully saturated rings. The summed E-state index contributed by atoms with van der Waals surface area (Å²) in [5, 5.41) is 45.5. The highest BCUT2D eigenvalue weighted by molar-refractivity contribution is 6.13. The number of carbonyl (C=O) groups is 8. The van der Waals surface area contributed by atoms with Gasteiger partial charge in [-0.3, -0.25) is 24.5 Å². The first-order chi connectivity index (χ1) is 49.5. The van der Waals surface area contributed by atoms with E-state index in [2.05, 4.69) is 46.2 Å². The molecule has 10 rings (SSSR count). The summed E-state index contributed by atoms with van der Waals surface area (Å²) >= 11 is 0. The lowest BCUT2D eigenvalue weighted by Gasteiger charge is -2.19. The maximum atomic E-state index is 13.2. The second kappa shape index (κ2) is 32.5. The van der Waals surface area contributed by atoms with Gasteiger partial charge >= 0.3 is 60.9 Å². The van der Waals surface area contributed by atoms with Gasteiger partial charge in [0.15, 0.2) is 0 Å². The number of amides is 4. The van der Waals surface area contributed by atoms with Crippen LogP contribution in [-0.2, 0) is 62.7 Å². The Hall–Kier alpha value is -12.1. The van der Waals surface area contributed by atoms with Gasteiger partial charge in [-0.2, -0.15) is 79.0 Å². The number of aryl methyl sites for hydroxylation is 7. The monoisotopic (exact) mass is 1530 g/mol. The van der Waals surface area contributed by atoms with E-state index in [9.17, 15) is 122 Å². The van der Waals surface area contributed by atoms with Gasteiger partial charge in [-0.1, -0.05) is 18.2 Å². The largest absolute Gasteiger partial charge is 0.478 e. The molecule has 0 unspecified atom stereocenters. The molecule has 8 N–H and O–H groups in total. The second-order valence-electron chi connectivity index (χ2n) is 23.1. The standard InChI is InChI=1S/C19H14F6N2O3.C18H15F3N2O3.C16H10F6N2O3.C15H12F3N3O3/c20-18(21,22)12-7-10(11(17(29)30)8-13(12)19(23,24)25)16(28)27-15-6-5-9-3-1-2-4-14(9)26-15;19-18(20,21)11-6-7-12(13(9-11)17(25)26)16(24)23-15-8-5-10-3-1-2-4-14(10)22-15;1-7-3-2-4-12(23-7)24-13(25)8-5-10(15(17,18)19)11(16(20,21)22)6-9(8)14(26)27;1-7-6-19-14(20-8(7)2)21-12(22)10-4-3-9(15(16,17)18)5-11(10)13(23)24/h5-8H,1-4H2,(H,29,30)(H,26,27,28);5-9H,1-4H2,(H,25,26)(H,22,23,24);2-6H,1H3,(H,26,27)(H,23,24,25);3-6H,1-2H3,(H,23,24)(H,19,20,21,22). The second-order valence-corrected chi connectivity index (χ2v) is 23.1. The smallest absolute Gasteiger partial charge is 0.417 e. The number of nitrogens with zero attached hydrogens (tertiary/aromatic N) is 5. The molecule has 4 heterocycles. The van der Waals surface area contributed by atoms with Gasteiger partial charge < -0.3 is 36.4 Å².